The zero-order valence-electron chi connectivity index (χ0n) is 31.8. The van der Waals surface area contributed by atoms with Crippen LogP contribution in [0.1, 0.15) is 51.8 Å². The van der Waals surface area contributed by atoms with E-state index >= 15 is 0 Å². The van der Waals surface area contributed by atoms with Crippen LogP contribution in [0.5, 0.6) is 23.0 Å². The van der Waals surface area contributed by atoms with Crippen molar-refractivity contribution in [2.24, 2.45) is 0 Å². The number of aliphatic carboxylic acids is 2. The molecule has 308 valence electrons. The lowest BCUT2D eigenvalue weighted by Gasteiger charge is -2.20. The maximum absolute atomic E-state index is 14.3. The number of hydrogen-bond donors (Lipinski definition) is 6. The van der Waals surface area contributed by atoms with Crippen LogP contribution < -0.4 is 29.6 Å². The van der Waals surface area contributed by atoms with Gasteiger partial charge in [0, 0.05) is 49.4 Å². The van der Waals surface area contributed by atoms with Gasteiger partial charge in [0.15, 0.2) is 0 Å². The molecule has 0 saturated heterocycles. The third kappa shape index (κ3) is 12.5. The van der Waals surface area contributed by atoms with Crippen molar-refractivity contribution in [1.82, 2.24) is 10.6 Å². The second-order valence-corrected chi connectivity index (χ2v) is 13.7. The summed E-state index contributed by atoms with van der Waals surface area (Å²) in [5.41, 5.74) is 4.77. The number of rotatable bonds is 21. The van der Waals surface area contributed by atoms with Crippen molar-refractivity contribution in [3.8, 4) is 34.1 Å². The fourth-order valence-corrected chi connectivity index (χ4v) is 6.40. The molecule has 0 aliphatic rings. The van der Waals surface area contributed by atoms with Crippen LogP contribution in [0.15, 0.2) is 60.7 Å². The predicted octanol–water partition coefficient (Wildman–Crippen LogP) is 6.67. The number of carboxylic acid groups (broad SMARTS) is 2. The molecule has 4 aromatic rings. The van der Waals surface area contributed by atoms with Gasteiger partial charge < -0.3 is 50.0 Å². The molecule has 4 aromatic carbocycles. The molecule has 0 saturated carbocycles. The molecule has 6 N–H and O–H groups in total. The standard InChI is InChI=1S/C41H46ClF3N2O10/c1-23-25(21-56-37-15-35(54-3)27(11-33(37)41(43,44)45)17-46-19-29(48)13-39(50)51)7-5-9-31(23)32-10-6-8-26(24(32)2)22-57-38-16-36(55-4)28(12-34(38)42)18-47-20-30(49)14-40(52)53/h5-12,15-16,29-30,46-49H,13-14,17-22H2,1-4H3,(H,50,51)(H,52,53)/t29-,30-/m0/s1. The molecule has 0 fully saturated rings. The highest BCUT2D eigenvalue weighted by Crippen LogP contribution is 2.41. The quantitative estimate of drug-likeness (QED) is 0.0528. The zero-order valence-corrected chi connectivity index (χ0v) is 32.6. The SMILES string of the molecule is COc1cc(OCc2cccc(-c3cccc(COc4cc(OC)c(CNC[C@@H](O)CC(=O)O)cc4C(F)(F)F)c3C)c2C)c(Cl)cc1CNC[C@@H](O)CC(=O)O. The third-order valence-corrected chi connectivity index (χ3v) is 9.48. The summed E-state index contributed by atoms with van der Waals surface area (Å²) in [5, 5.41) is 43.4. The highest BCUT2D eigenvalue weighted by Gasteiger charge is 2.36. The summed E-state index contributed by atoms with van der Waals surface area (Å²) < 4.78 is 65.7. The fraction of sp³-hybridized carbons (Fsp3) is 0.366. The number of nitrogens with one attached hydrogen (secondary N) is 2. The van der Waals surface area contributed by atoms with Crippen LogP contribution in [-0.2, 0) is 42.1 Å². The van der Waals surface area contributed by atoms with Crippen molar-refractivity contribution in [1.29, 1.82) is 0 Å². The van der Waals surface area contributed by atoms with E-state index in [1.54, 1.807) is 24.3 Å². The zero-order chi connectivity index (χ0) is 41.9. The van der Waals surface area contributed by atoms with Crippen LogP contribution in [0.4, 0.5) is 13.2 Å². The van der Waals surface area contributed by atoms with Gasteiger partial charge in [-0.1, -0.05) is 48.0 Å². The van der Waals surface area contributed by atoms with Gasteiger partial charge in [-0.15, -0.1) is 0 Å². The van der Waals surface area contributed by atoms with E-state index in [2.05, 4.69) is 10.6 Å². The lowest BCUT2D eigenvalue weighted by Crippen LogP contribution is -2.28. The Morgan fingerprint density at radius 1 is 0.684 bits per heavy atom. The number of halogens is 4. The van der Waals surface area contributed by atoms with Crippen LogP contribution in [0.25, 0.3) is 11.1 Å². The minimum absolute atomic E-state index is 0.0604. The Kier molecular flexibility index (Phi) is 16.0. The van der Waals surface area contributed by atoms with Gasteiger partial charge in [-0.3, -0.25) is 9.59 Å². The van der Waals surface area contributed by atoms with Crippen LogP contribution in [-0.4, -0.2) is 71.9 Å². The normalized spacial score (nSPS) is 12.5. The third-order valence-electron chi connectivity index (χ3n) is 9.18. The number of methoxy groups -OCH3 is 2. The molecule has 0 aliphatic carbocycles. The average Bonchev–Trinajstić information content (AvgIpc) is 3.13. The molecule has 0 aliphatic heterocycles. The molecule has 12 nitrogen and oxygen atoms in total. The fourth-order valence-electron chi connectivity index (χ4n) is 6.16. The summed E-state index contributed by atoms with van der Waals surface area (Å²) in [6, 6.07) is 16.6. The van der Waals surface area contributed by atoms with E-state index in [0.717, 1.165) is 33.9 Å². The van der Waals surface area contributed by atoms with Gasteiger partial charge in [-0.25, -0.2) is 0 Å². The molecule has 0 radical (unpaired) electrons. The van der Waals surface area contributed by atoms with E-state index < -0.39 is 48.1 Å². The number of aliphatic hydroxyl groups is 2. The molecule has 0 aromatic heterocycles. The minimum Gasteiger partial charge on any atom is -0.496 e. The summed E-state index contributed by atoms with van der Waals surface area (Å²) in [6.07, 6.45) is -7.94. The minimum atomic E-state index is -4.76. The maximum atomic E-state index is 14.3. The van der Waals surface area contributed by atoms with E-state index in [-0.39, 0.29) is 57.1 Å². The van der Waals surface area contributed by atoms with Crippen molar-refractivity contribution in [2.75, 3.05) is 27.3 Å². The smallest absolute Gasteiger partial charge is 0.419 e. The van der Waals surface area contributed by atoms with E-state index in [1.807, 2.05) is 38.1 Å². The van der Waals surface area contributed by atoms with Gasteiger partial charge in [0.2, 0.25) is 0 Å². The Hall–Kier alpha value is -5.06. The monoisotopic (exact) mass is 818 g/mol. The van der Waals surface area contributed by atoms with Crippen molar-refractivity contribution in [2.45, 2.75) is 71.4 Å². The first kappa shape index (κ1) is 44.7. The second kappa shape index (κ2) is 20.4. The van der Waals surface area contributed by atoms with E-state index in [1.165, 1.54) is 20.3 Å². The van der Waals surface area contributed by atoms with Crippen LogP contribution in [0, 0.1) is 13.8 Å². The number of carboxylic acids is 2. The van der Waals surface area contributed by atoms with Crippen LogP contribution >= 0.6 is 11.6 Å². The Morgan fingerprint density at radius 2 is 1.12 bits per heavy atom. The van der Waals surface area contributed by atoms with E-state index in [0.29, 0.717) is 27.6 Å². The highest BCUT2D eigenvalue weighted by atomic mass is 35.5. The lowest BCUT2D eigenvalue weighted by molar-refractivity contribution is -0.140. The topological polar surface area (TPSA) is 176 Å². The summed E-state index contributed by atoms with van der Waals surface area (Å²) in [7, 11) is 2.81. The number of hydrogen-bond acceptors (Lipinski definition) is 10. The molecule has 0 bridgehead atoms. The molecule has 2 atom stereocenters. The first-order valence-corrected chi connectivity index (χ1v) is 18.2. The van der Waals surface area contributed by atoms with E-state index in [4.69, 9.17) is 40.8 Å². The second-order valence-electron chi connectivity index (χ2n) is 13.3. The van der Waals surface area contributed by atoms with Crippen LogP contribution in [0.3, 0.4) is 0 Å². The number of ether oxygens (including phenoxy) is 4. The average molecular weight is 819 g/mol. The Labute approximate surface area is 333 Å². The largest absolute Gasteiger partial charge is 0.496 e. The van der Waals surface area contributed by atoms with Crippen molar-refractivity contribution < 1.29 is 62.1 Å². The van der Waals surface area contributed by atoms with Crippen molar-refractivity contribution in [3.05, 3.63) is 105 Å². The predicted molar refractivity (Wildman–Crippen MR) is 206 cm³/mol. The lowest BCUT2D eigenvalue weighted by atomic mass is 9.92. The van der Waals surface area contributed by atoms with Gasteiger partial charge in [-0.05, 0) is 59.4 Å². The Bertz CT molecular complexity index is 2030. The van der Waals surface area contributed by atoms with Gasteiger partial charge in [0.25, 0.3) is 0 Å². The van der Waals surface area contributed by atoms with Gasteiger partial charge in [0.1, 0.15) is 36.2 Å². The number of benzene rings is 4. The molecule has 0 heterocycles. The molecule has 0 amide bonds. The summed E-state index contributed by atoms with van der Waals surface area (Å²) in [4.78, 5) is 21.6. The molecule has 0 spiro atoms. The van der Waals surface area contributed by atoms with Gasteiger partial charge in [0.05, 0.1) is 49.9 Å². The number of alkyl halides is 3. The van der Waals surface area contributed by atoms with E-state index in [9.17, 15) is 33.0 Å². The number of carbonyl (C=O) groups is 2. The van der Waals surface area contributed by atoms with Crippen LogP contribution in [0.2, 0.25) is 5.02 Å². The van der Waals surface area contributed by atoms with Gasteiger partial charge in [-0.2, -0.15) is 13.2 Å². The molecular formula is C41H46ClF3N2O10. The highest BCUT2D eigenvalue weighted by molar-refractivity contribution is 6.32. The first-order chi connectivity index (χ1) is 27.0. The Morgan fingerprint density at radius 3 is 1.56 bits per heavy atom. The molecular weight excluding hydrogens is 773 g/mol. The Balaban J connectivity index is 1.50. The molecule has 0 unspecified atom stereocenters. The van der Waals surface area contributed by atoms with Crippen molar-refractivity contribution in [3.63, 3.8) is 0 Å². The first-order valence-electron chi connectivity index (χ1n) is 17.8. The summed E-state index contributed by atoms with van der Waals surface area (Å²) in [6.45, 7) is 3.83. The van der Waals surface area contributed by atoms with Gasteiger partial charge >= 0.3 is 18.1 Å². The van der Waals surface area contributed by atoms with Crippen molar-refractivity contribution >= 4 is 23.5 Å². The summed E-state index contributed by atoms with van der Waals surface area (Å²) >= 11 is 6.57. The molecule has 16 heteroatoms. The number of aliphatic hydroxyl groups excluding tert-OH is 2. The maximum Gasteiger partial charge on any atom is 0.419 e. The molecule has 4 rings (SSSR count). The molecule has 57 heavy (non-hydrogen) atoms. The summed E-state index contributed by atoms with van der Waals surface area (Å²) in [5.74, 6) is -1.76.